The Morgan fingerprint density at radius 1 is 1.00 bits per heavy atom. The molecule has 1 atom stereocenters. The van der Waals surface area contributed by atoms with Gasteiger partial charge in [0, 0.05) is 30.5 Å². The predicted molar refractivity (Wildman–Crippen MR) is 101 cm³/mol. The van der Waals surface area contributed by atoms with Crippen molar-refractivity contribution in [3.63, 3.8) is 0 Å². The van der Waals surface area contributed by atoms with Crippen molar-refractivity contribution in [3.8, 4) is 11.3 Å². The summed E-state index contributed by atoms with van der Waals surface area (Å²) in [7, 11) is 0. The average molecular weight is 347 g/mol. The van der Waals surface area contributed by atoms with Gasteiger partial charge in [0.15, 0.2) is 0 Å². The molecule has 4 rings (SSSR count). The van der Waals surface area contributed by atoms with Crippen molar-refractivity contribution in [2.45, 2.75) is 31.8 Å². The Bertz CT molecular complexity index is 849. The van der Waals surface area contributed by atoms with Gasteiger partial charge in [-0.2, -0.15) is 0 Å². The summed E-state index contributed by atoms with van der Waals surface area (Å²) in [5, 5.41) is 0. The second kappa shape index (κ2) is 7.75. The van der Waals surface area contributed by atoms with Gasteiger partial charge in [-0.05, 0) is 55.3 Å². The molecule has 3 heterocycles. The number of benzene rings is 1. The Morgan fingerprint density at radius 3 is 2.73 bits per heavy atom. The number of likely N-dealkylation sites (tertiary alicyclic amines) is 1. The minimum atomic E-state index is -0.234. The highest BCUT2D eigenvalue weighted by Gasteiger charge is 2.24. The van der Waals surface area contributed by atoms with Crippen LogP contribution in [0.1, 0.15) is 36.6 Å². The lowest BCUT2D eigenvalue weighted by Gasteiger charge is -2.35. The van der Waals surface area contributed by atoms with Gasteiger partial charge in [0.05, 0.1) is 11.4 Å². The normalized spacial score (nSPS) is 18.0. The Kier molecular flexibility index (Phi) is 5.02. The molecule has 1 aliphatic heterocycles. The second-order valence-electron chi connectivity index (χ2n) is 6.79. The van der Waals surface area contributed by atoms with Crippen LogP contribution < -0.4 is 0 Å². The molecule has 0 bridgehead atoms. The summed E-state index contributed by atoms with van der Waals surface area (Å²) in [5.41, 5.74) is 3.94. The third-order valence-corrected chi connectivity index (χ3v) is 5.00. The van der Waals surface area contributed by atoms with E-state index in [0.29, 0.717) is 6.04 Å². The summed E-state index contributed by atoms with van der Waals surface area (Å²) in [6.07, 6.45) is 7.38. The molecule has 0 N–H and O–H groups in total. The Morgan fingerprint density at radius 2 is 1.96 bits per heavy atom. The molecule has 0 amide bonds. The highest BCUT2D eigenvalue weighted by atomic mass is 19.1. The van der Waals surface area contributed by atoms with Crippen LogP contribution in [0.2, 0.25) is 0 Å². The molecule has 132 valence electrons. The lowest BCUT2D eigenvalue weighted by atomic mass is 9.95. The maximum atomic E-state index is 13.4. The Labute approximate surface area is 153 Å². The summed E-state index contributed by atoms with van der Waals surface area (Å²) in [4.78, 5) is 11.6. The van der Waals surface area contributed by atoms with Gasteiger partial charge in [0.25, 0.3) is 0 Å². The topological polar surface area (TPSA) is 29.0 Å². The first-order valence-electron chi connectivity index (χ1n) is 9.15. The smallest absolute Gasteiger partial charge is 0.123 e. The quantitative estimate of drug-likeness (QED) is 0.664. The maximum Gasteiger partial charge on any atom is 0.123 e. The van der Waals surface area contributed by atoms with E-state index in [1.54, 1.807) is 6.07 Å². The van der Waals surface area contributed by atoms with Gasteiger partial charge in [0.2, 0.25) is 0 Å². The van der Waals surface area contributed by atoms with E-state index in [4.69, 9.17) is 0 Å². The molecule has 4 heteroatoms. The first-order chi connectivity index (χ1) is 12.8. The second-order valence-corrected chi connectivity index (χ2v) is 6.79. The molecule has 0 spiro atoms. The summed E-state index contributed by atoms with van der Waals surface area (Å²) >= 11 is 0. The van der Waals surface area contributed by atoms with E-state index in [2.05, 4.69) is 27.0 Å². The van der Waals surface area contributed by atoms with Gasteiger partial charge in [-0.3, -0.25) is 14.9 Å². The zero-order valence-electron chi connectivity index (χ0n) is 14.7. The standard InChI is InChI=1S/C22H22FN3/c23-19-7-5-6-17(14-19)21-11-10-18(15-25-21)22-9-2-4-13-26(22)16-20-8-1-3-12-24-20/h1,3,5-8,10-12,14-15,22H,2,4,9,13,16H2. The van der Waals surface area contributed by atoms with Crippen LogP contribution in [-0.2, 0) is 6.54 Å². The number of piperidine rings is 1. The van der Waals surface area contributed by atoms with Crippen molar-refractivity contribution in [2.24, 2.45) is 0 Å². The minimum Gasteiger partial charge on any atom is -0.290 e. The van der Waals surface area contributed by atoms with Crippen molar-refractivity contribution in [1.82, 2.24) is 14.9 Å². The van der Waals surface area contributed by atoms with Crippen molar-refractivity contribution in [2.75, 3.05) is 6.54 Å². The van der Waals surface area contributed by atoms with E-state index in [-0.39, 0.29) is 5.82 Å². The van der Waals surface area contributed by atoms with Crippen molar-refractivity contribution >= 4 is 0 Å². The molecule has 1 aliphatic rings. The van der Waals surface area contributed by atoms with Gasteiger partial charge in [0.1, 0.15) is 5.82 Å². The SMILES string of the molecule is Fc1cccc(-c2ccc(C3CCCCN3Cc3ccccn3)cn2)c1. The van der Waals surface area contributed by atoms with Gasteiger partial charge < -0.3 is 0 Å². The molecule has 0 radical (unpaired) electrons. The van der Waals surface area contributed by atoms with E-state index in [9.17, 15) is 4.39 Å². The average Bonchev–Trinajstić information content (AvgIpc) is 2.69. The number of rotatable bonds is 4. The number of hydrogen-bond donors (Lipinski definition) is 0. The zero-order valence-corrected chi connectivity index (χ0v) is 14.7. The number of hydrogen-bond acceptors (Lipinski definition) is 3. The third-order valence-electron chi connectivity index (χ3n) is 5.00. The van der Waals surface area contributed by atoms with Crippen LogP contribution in [-0.4, -0.2) is 21.4 Å². The molecular weight excluding hydrogens is 325 g/mol. The first kappa shape index (κ1) is 16.9. The maximum absolute atomic E-state index is 13.4. The number of pyridine rings is 2. The predicted octanol–water partition coefficient (Wildman–Crippen LogP) is 5.01. The summed E-state index contributed by atoms with van der Waals surface area (Å²) < 4.78 is 13.4. The molecule has 1 unspecified atom stereocenters. The molecule has 2 aromatic heterocycles. The van der Waals surface area contributed by atoms with Crippen LogP contribution in [0.25, 0.3) is 11.3 Å². The van der Waals surface area contributed by atoms with E-state index in [1.165, 1.54) is 30.5 Å². The Hall–Kier alpha value is -2.59. The first-order valence-corrected chi connectivity index (χ1v) is 9.15. The zero-order chi connectivity index (χ0) is 17.8. The highest BCUT2D eigenvalue weighted by molar-refractivity contribution is 5.59. The lowest BCUT2D eigenvalue weighted by Crippen LogP contribution is -2.33. The minimum absolute atomic E-state index is 0.234. The fourth-order valence-corrected chi connectivity index (χ4v) is 3.68. The van der Waals surface area contributed by atoms with Crippen LogP contribution in [0.4, 0.5) is 4.39 Å². The van der Waals surface area contributed by atoms with Gasteiger partial charge in [-0.25, -0.2) is 4.39 Å². The largest absolute Gasteiger partial charge is 0.290 e. The monoisotopic (exact) mass is 347 g/mol. The van der Waals surface area contributed by atoms with Gasteiger partial charge in [-0.1, -0.05) is 30.7 Å². The third kappa shape index (κ3) is 3.81. The molecule has 0 saturated carbocycles. The summed E-state index contributed by atoms with van der Waals surface area (Å²) in [5.74, 6) is -0.234. The molecule has 3 nitrogen and oxygen atoms in total. The van der Waals surface area contributed by atoms with E-state index in [0.717, 1.165) is 36.5 Å². The molecule has 3 aromatic rings. The van der Waals surface area contributed by atoms with E-state index in [1.807, 2.05) is 36.7 Å². The van der Waals surface area contributed by atoms with Crippen molar-refractivity contribution < 1.29 is 4.39 Å². The van der Waals surface area contributed by atoms with Crippen LogP contribution in [0.5, 0.6) is 0 Å². The van der Waals surface area contributed by atoms with Crippen LogP contribution in [0.15, 0.2) is 67.0 Å². The molecular formula is C22H22FN3. The molecule has 1 saturated heterocycles. The number of aromatic nitrogens is 2. The van der Waals surface area contributed by atoms with E-state index >= 15 is 0 Å². The number of halogens is 1. The molecule has 0 aliphatic carbocycles. The van der Waals surface area contributed by atoms with E-state index < -0.39 is 0 Å². The summed E-state index contributed by atoms with van der Waals surface area (Å²) in [6, 6.07) is 17.1. The fourth-order valence-electron chi connectivity index (χ4n) is 3.68. The van der Waals surface area contributed by atoms with Crippen LogP contribution >= 0.6 is 0 Å². The highest BCUT2D eigenvalue weighted by Crippen LogP contribution is 2.32. The van der Waals surface area contributed by atoms with Crippen LogP contribution in [0, 0.1) is 5.82 Å². The van der Waals surface area contributed by atoms with Crippen molar-refractivity contribution in [3.05, 3.63) is 84.1 Å². The fraction of sp³-hybridized carbons (Fsp3) is 0.273. The lowest BCUT2D eigenvalue weighted by molar-refractivity contribution is 0.138. The van der Waals surface area contributed by atoms with Gasteiger partial charge in [-0.15, -0.1) is 0 Å². The molecule has 1 fully saturated rings. The van der Waals surface area contributed by atoms with Crippen LogP contribution in [0.3, 0.4) is 0 Å². The molecule has 26 heavy (non-hydrogen) atoms. The number of nitrogens with zero attached hydrogens (tertiary/aromatic N) is 3. The molecule has 1 aromatic carbocycles. The van der Waals surface area contributed by atoms with Gasteiger partial charge >= 0.3 is 0 Å². The summed E-state index contributed by atoms with van der Waals surface area (Å²) in [6.45, 7) is 1.93. The Balaban J connectivity index is 1.54. The van der Waals surface area contributed by atoms with Crippen molar-refractivity contribution in [1.29, 1.82) is 0 Å².